The van der Waals surface area contributed by atoms with Gasteiger partial charge in [-0.3, -0.25) is 4.79 Å². The van der Waals surface area contributed by atoms with Crippen LogP contribution in [0.5, 0.6) is 0 Å². The molecule has 0 bridgehead atoms. The largest absolute Gasteiger partial charge is 0.373 e. The third-order valence-corrected chi connectivity index (χ3v) is 3.63. The third kappa shape index (κ3) is 3.55. The number of benzene rings is 1. The normalized spacial score (nSPS) is 10.5. The van der Waals surface area contributed by atoms with E-state index in [1.807, 2.05) is 31.3 Å². The van der Waals surface area contributed by atoms with E-state index in [0.717, 1.165) is 17.9 Å². The molecule has 6 heteroatoms. The summed E-state index contributed by atoms with van der Waals surface area (Å²) >= 11 is 5.88. The van der Waals surface area contributed by atoms with Gasteiger partial charge in [-0.2, -0.15) is 0 Å². The molecule has 0 aliphatic rings. The highest BCUT2D eigenvalue weighted by atomic mass is 35.5. The van der Waals surface area contributed by atoms with E-state index in [2.05, 4.69) is 22.3 Å². The number of hydrogen-bond acceptors (Lipinski definition) is 4. The second-order valence-corrected chi connectivity index (χ2v) is 5.12. The molecule has 112 valence electrons. The Balaban J connectivity index is 2.13. The van der Waals surface area contributed by atoms with Gasteiger partial charge in [0.05, 0.1) is 23.5 Å². The minimum absolute atomic E-state index is 0.137. The minimum Gasteiger partial charge on any atom is -0.373 e. The number of nitrogens with one attached hydrogen (secondary N) is 1. The molecule has 0 fully saturated rings. The van der Waals surface area contributed by atoms with Crippen LogP contribution >= 0.6 is 11.6 Å². The number of nitrogens with zero attached hydrogens (tertiary/aromatic N) is 2. The standard InChI is InChI=1S/C15H18ClN3O2/c1-4-19(3)13-8-6-5-7-12(13)17-14(20)9-11-10(2)18-21-15(11)16/h5-8H,4,9H2,1-3H3,(H,17,20). The summed E-state index contributed by atoms with van der Waals surface area (Å²) in [5.74, 6) is -0.153. The summed E-state index contributed by atoms with van der Waals surface area (Å²) in [6.45, 7) is 4.67. The molecule has 0 unspecified atom stereocenters. The fourth-order valence-electron chi connectivity index (χ4n) is 2.00. The summed E-state index contributed by atoms with van der Waals surface area (Å²) in [5, 5.41) is 6.82. The average Bonchev–Trinajstić information content (AvgIpc) is 2.79. The number of carbonyl (C=O) groups is 1. The van der Waals surface area contributed by atoms with E-state index in [-0.39, 0.29) is 17.5 Å². The van der Waals surface area contributed by atoms with Crippen LogP contribution in [0.4, 0.5) is 11.4 Å². The lowest BCUT2D eigenvalue weighted by atomic mass is 10.2. The Hall–Kier alpha value is -2.01. The maximum atomic E-state index is 12.2. The first-order valence-electron chi connectivity index (χ1n) is 6.73. The van der Waals surface area contributed by atoms with Gasteiger partial charge in [-0.05, 0) is 37.6 Å². The number of para-hydroxylation sites is 2. The Morgan fingerprint density at radius 2 is 2.14 bits per heavy atom. The third-order valence-electron chi connectivity index (χ3n) is 3.34. The van der Waals surface area contributed by atoms with Crippen LogP contribution in [-0.2, 0) is 11.2 Å². The molecule has 1 heterocycles. The second-order valence-electron chi connectivity index (χ2n) is 4.78. The van der Waals surface area contributed by atoms with Gasteiger partial charge in [-0.15, -0.1) is 0 Å². The Bertz CT molecular complexity index is 620. The van der Waals surface area contributed by atoms with Crippen molar-refractivity contribution in [1.82, 2.24) is 5.16 Å². The first-order chi connectivity index (χ1) is 10.0. The predicted molar refractivity (Wildman–Crippen MR) is 84.0 cm³/mol. The maximum absolute atomic E-state index is 12.2. The molecule has 5 nitrogen and oxygen atoms in total. The number of carbonyl (C=O) groups excluding carboxylic acids is 1. The van der Waals surface area contributed by atoms with E-state index in [9.17, 15) is 4.79 Å². The topological polar surface area (TPSA) is 58.4 Å². The lowest BCUT2D eigenvalue weighted by Crippen LogP contribution is -2.20. The molecular formula is C15H18ClN3O2. The van der Waals surface area contributed by atoms with Crippen molar-refractivity contribution in [3.63, 3.8) is 0 Å². The van der Waals surface area contributed by atoms with E-state index in [1.165, 1.54) is 0 Å². The lowest BCUT2D eigenvalue weighted by Gasteiger charge is -2.20. The Morgan fingerprint density at radius 3 is 2.76 bits per heavy atom. The zero-order chi connectivity index (χ0) is 15.4. The Kier molecular flexibility index (Phi) is 4.85. The highest BCUT2D eigenvalue weighted by molar-refractivity contribution is 6.29. The molecule has 0 atom stereocenters. The van der Waals surface area contributed by atoms with Crippen LogP contribution in [-0.4, -0.2) is 24.7 Å². The highest BCUT2D eigenvalue weighted by Gasteiger charge is 2.16. The van der Waals surface area contributed by atoms with Gasteiger partial charge < -0.3 is 14.7 Å². The van der Waals surface area contributed by atoms with Crippen LogP contribution in [0.3, 0.4) is 0 Å². The summed E-state index contributed by atoms with van der Waals surface area (Å²) in [5.41, 5.74) is 3.00. The molecule has 21 heavy (non-hydrogen) atoms. The SMILES string of the molecule is CCN(C)c1ccccc1NC(=O)Cc1c(C)noc1Cl. The first-order valence-corrected chi connectivity index (χ1v) is 7.11. The first kappa shape index (κ1) is 15.4. The fraction of sp³-hybridized carbons (Fsp3) is 0.333. The van der Waals surface area contributed by atoms with Crippen molar-refractivity contribution in [3.05, 3.63) is 40.7 Å². The van der Waals surface area contributed by atoms with Crippen LogP contribution in [0.1, 0.15) is 18.2 Å². The van der Waals surface area contributed by atoms with Crippen LogP contribution in [0, 0.1) is 6.92 Å². The van der Waals surface area contributed by atoms with Gasteiger partial charge in [0.15, 0.2) is 0 Å². The lowest BCUT2D eigenvalue weighted by molar-refractivity contribution is -0.115. The molecule has 0 saturated heterocycles. The van der Waals surface area contributed by atoms with Gasteiger partial charge in [0.1, 0.15) is 0 Å². The molecule has 0 aliphatic carbocycles. The van der Waals surface area contributed by atoms with E-state index < -0.39 is 0 Å². The van der Waals surface area contributed by atoms with Crippen molar-refractivity contribution in [2.45, 2.75) is 20.3 Å². The van der Waals surface area contributed by atoms with Gasteiger partial charge in [-0.25, -0.2) is 0 Å². The number of aryl methyl sites for hydroxylation is 1. The number of hydrogen-bond donors (Lipinski definition) is 1. The molecule has 0 radical (unpaired) electrons. The number of aromatic nitrogens is 1. The monoisotopic (exact) mass is 307 g/mol. The number of rotatable bonds is 5. The maximum Gasteiger partial charge on any atom is 0.229 e. The molecular weight excluding hydrogens is 290 g/mol. The molecule has 0 aliphatic heterocycles. The minimum atomic E-state index is -0.153. The van der Waals surface area contributed by atoms with Crippen LogP contribution in [0.2, 0.25) is 5.22 Å². The number of halogens is 1. The molecule has 2 rings (SSSR count). The van der Waals surface area contributed by atoms with Crippen molar-refractivity contribution >= 4 is 28.9 Å². The van der Waals surface area contributed by atoms with Crippen molar-refractivity contribution in [1.29, 1.82) is 0 Å². The zero-order valence-electron chi connectivity index (χ0n) is 12.3. The summed E-state index contributed by atoms with van der Waals surface area (Å²) in [6.07, 6.45) is 0.137. The van der Waals surface area contributed by atoms with Crippen molar-refractivity contribution in [3.8, 4) is 0 Å². The van der Waals surface area contributed by atoms with Crippen molar-refractivity contribution in [2.24, 2.45) is 0 Å². The number of amides is 1. The van der Waals surface area contributed by atoms with E-state index in [4.69, 9.17) is 16.1 Å². The Morgan fingerprint density at radius 1 is 1.43 bits per heavy atom. The molecule has 1 aromatic heterocycles. The van der Waals surface area contributed by atoms with E-state index in [1.54, 1.807) is 6.92 Å². The number of anilines is 2. The molecule has 0 saturated carbocycles. The van der Waals surface area contributed by atoms with E-state index >= 15 is 0 Å². The van der Waals surface area contributed by atoms with Gasteiger partial charge in [0.25, 0.3) is 0 Å². The van der Waals surface area contributed by atoms with Crippen molar-refractivity contribution in [2.75, 3.05) is 23.8 Å². The average molecular weight is 308 g/mol. The molecule has 1 amide bonds. The van der Waals surface area contributed by atoms with Crippen LogP contribution < -0.4 is 10.2 Å². The van der Waals surface area contributed by atoms with Gasteiger partial charge >= 0.3 is 0 Å². The van der Waals surface area contributed by atoms with Crippen LogP contribution in [0.25, 0.3) is 0 Å². The molecule has 2 aromatic rings. The van der Waals surface area contributed by atoms with E-state index in [0.29, 0.717) is 11.3 Å². The fourth-order valence-corrected chi connectivity index (χ4v) is 2.23. The van der Waals surface area contributed by atoms with Crippen LogP contribution in [0.15, 0.2) is 28.8 Å². The molecule has 0 spiro atoms. The Labute approximate surface area is 128 Å². The summed E-state index contributed by atoms with van der Waals surface area (Å²) < 4.78 is 4.85. The summed E-state index contributed by atoms with van der Waals surface area (Å²) in [6, 6.07) is 7.68. The van der Waals surface area contributed by atoms with Gasteiger partial charge in [0, 0.05) is 19.2 Å². The van der Waals surface area contributed by atoms with Crippen molar-refractivity contribution < 1.29 is 9.32 Å². The van der Waals surface area contributed by atoms with Gasteiger partial charge in [-0.1, -0.05) is 17.3 Å². The predicted octanol–water partition coefficient (Wildman–Crippen LogP) is 3.27. The second kappa shape index (κ2) is 6.63. The zero-order valence-corrected chi connectivity index (χ0v) is 13.1. The molecule has 1 aromatic carbocycles. The highest BCUT2D eigenvalue weighted by Crippen LogP contribution is 2.25. The molecule has 1 N–H and O–H groups in total. The summed E-state index contributed by atoms with van der Waals surface area (Å²) in [7, 11) is 1.98. The summed E-state index contributed by atoms with van der Waals surface area (Å²) in [4.78, 5) is 14.3. The van der Waals surface area contributed by atoms with Gasteiger partial charge in [0.2, 0.25) is 11.1 Å². The smallest absolute Gasteiger partial charge is 0.229 e. The quantitative estimate of drug-likeness (QED) is 0.921.